The van der Waals surface area contributed by atoms with Crippen LogP contribution in [0, 0.1) is 6.92 Å². The molecule has 0 spiro atoms. The molecule has 0 aliphatic rings. The van der Waals surface area contributed by atoms with Gasteiger partial charge < -0.3 is 10.5 Å². The van der Waals surface area contributed by atoms with E-state index in [1.54, 1.807) is 18.3 Å². The van der Waals surface area contributed by atoms with E-state index >= 15 is 0 Å². The zero-order valence-corrected chi connectivity index (χ0v) is 11.1. The van der Waals surface area contributed by atoms with E-state index in [1.807, 2.05) is 19.1 Å². The van der Waals surface area contributed by atoms with E-state index in [2.05, 4.69) is 9.72 Å². The van der Waals surface area contributed by atoms with Gasteiger partial charge in [-0.2, -0.15) is 8.78 Å². The quantitative estimate of drug-likeness (QED) is 0.913. The van der Waals surface area contributed by atoms with Gasteiger partial charge in [0.05, 0.1) is 0 Å². The number of aromatic nitrogens is 1. The minimum Gasteiger partial charge on any atom is -0.435 e. The van der Waals surface area contributed by atoms with Gasteiger partial charge in [0.2, 0.25) is 0 Å². The molecular formula is C15H16F2N2O. The maximum absolute atomic E-state index is 12.0. The standard InChI is InChI=1S/C15H16F2N2O/c1-10-2-5-12(19-9-10)8-14(18)11-3-6-13(7-4-11)20-15(16)17/h2-7,9,14-15H,8,18H2,1H3. The highest BCUT2D eigenvalue weighted by molar-refractivity contribution is 5.30. The third-order valence-electron chi connectivity index (χ3n) is 2.94. The van der Waals surface area contributed by atoms with Crippen LogP contribution < -0.4 is 10.5 Å². The molecule has 1 aromatic carbocycles. The number of hydrogen-bond donors (Lipinski definition) is 1. The van der Waals surface area contributed by atoms with E-state index in [0.29, 0.717) is 6.42 Å². The van der Waals surface area contributed by atoms with Gasteiger partial charge >= 0.3 is 6.61 Å². The summed E-state index contributed by atoms with van der Waals surface area (Å²) in [6.07, 6.45) is 2.39. The van der Waals surface area contributed by atoms with Crippen molar-refractivity contribution in [1.29, 1.82) is 0 Å². The van der Waals surface area contributed by atoms with Gasteiger partial charge in [-0.1, -0.05) is 18.2 Å². The number of ether oxygens (including phenoxy) is 1. The topological polar surface area (TPSA) is 48.1 Å². The van der Waals surface area contributed by atoms with Crippen molar-refractivity contribution in [2.24, 2.45) is 5.73 Å². The lowest BCUT2D eigenvalue weighted by molar-refractivity contribution is -0.0498. The average molecular weight is 278 g/mol. The van der Waals surface area contributed by atoms with Crippen molar-refractivity contribution in [3.05, 3.63) is 59.4 Å². The molecule has 0 amide bonds. The lowest BCUT2D eigenvalue weighted by Crippen LogP contribution is -2.14. The Bertz CT molecular complexity index is 541. The molecule has 2 aromatic rings. The summed E-state index contributed by atoms with van der Waals surface area (Å²) in [6.45, 7) is -0.843. The van der Waals surface area contributed by atoms with Crippen molar-refractivity contribution >= 4 is 0 Å². The van der Waals surface area contributed by atoms with Crippen LogP contribution in [-0.4, -0.2) is 11.6 Å². The van der Waals surface area contributed by atoms with Crippen LogP contribution in [0.2, 0.25) is 0 Å². The van der Waals surface area contributed by atoms with Crippen molar-refractivity contribution in [3.8, 4) is 5.75 Å². The zero-order chi connectivity index (χ0) is 14.5. The smallest absolute Gasteiger partial charge is 0.387 e. The van der Waals surface area contributed by atoms with Crippen molar-refractivity contribution < 1.29 is 13.5 Å². The highest BCUT2D eigenvalue weighted by Crippen LogP contribution is 2.20. The summed E-state index contributed by atoms with van der Waals surface area (Å²) < 4.78 is 28.4. The van der Waals surface area contributed by atoms with E-state index in [4.69, 9.17) is 5.73 Å². The molecule has 1 unspecified atom stereocenters. The van der Waals surface area contributed by atoms with Gasteiger partial charge in [0.1, 0.15) is 5.75 Å². The molecule has 0 saturated carbocycles. The molecule has 3 nitrogen and oxygen atoms in total. The molecule has 0 saturated heterocycles. The lowest BCUT2D eigenvalue weighted by atomic mass is 10.0. The predicted octanol–water partition coefficient (Wildman–Crippen LogP) is 3.23. The SMILES string of the molecule is Cc1ccc(CC(N)c2ccc(OC(F)F)cc2)nc1. The number of aryl methyl sites for hydroxylation is 1. The summed E-state index contributed by atoms with van der Waals surface area (Å²) in [5, 5.41) is 0. The number of rotatable bonds is 5. The average Bonchev–Trinajstić information content (AvgIpc) is 2.41. The maximum atomic E-state index is 12.0. The van der Waals surface area contributed by atoms with E-state index in [9.17, 15) is 8.78 Å². The van der Waals surface area contributed by atoms with Gasteiger partial charge in [-0.05, 0) is 36.2 Å². The Morgan fingerprint density at radius 3 is 2.40 bits per heavy atom. The summed E-state index contributed by atoms with van der Waals surface area (Å²) in [5.41, 5.74) is 8.94. The number of halogens is 2. The highest BCUT2D eigenvalue weighted by Gasteiger charge is 2.09. The van der Waals surface area contributed by atoms with Gasteiger partial charge in [0.15, 0.2) is 0 Å². The molecule has 0 radical (unpaired) electrons. The highest BCUT2D eigenvalue weighted by atomic mass is 19.3. The minimum absolute atomic E-state index is 0.129. The van der Waals surface area contributed by atoms with Crippen LogP contribution in [0.15, 0.2) is 42.6 Å². The summed E-state index contributed by atoms with van der Waals surface area (Å²) in [5.74, 6) is 0.129. The summed E-state index contributed by atoms with van der Waals surface area (Å²) in [4.78, 5) is 4.30. The van der Waals surface area contributed by atoms with E-state index in [-0.39, 0.29) is 11.8 Å². The Morgan fingerprint density at radius 2 is 1.85 bits per heavy atom. The van der Waals surface area contributed by atoms with Crippen LogP contribution in [-0.2, 0) is 6.42 Å². The Hall–Kier alpha value is -2.01. The van der Waals surface area contributed by atoms with Crippen LogP contribution in [0.25, 0.3) is 0 Å². The van der Waals surface area contributed by atoms with Crippen LogP contribution in [0.5, 0.6) is 5.75 Å². The fourth-order valence-electron chi connectivity index (χ4n) is 1.86. The van der Waals surface area contributed by atoms with Crippen LogP contribution >= 0.6 is 0 Å². The predicted molar refractivity (Wildman–Crippen MR) is 72.7 cm³/mol. The fraction of sp³-hybridized carbons (Fsp3) is 0.267. The molecule has 20 heavy (non-hydrogen) atoms. The molecule has 0 fully saturated rings. The van der Waals surface area contributed by atoms with Gasteiger partial charge in [-0.15, -0.1) is 0 Å². The Kier molecular flexibility index (Phi) is 4.63. The largest absolute Gasteiger partial charge is 0.435 e. The first-order chi connectivity index (χ1) is 9.54. The van der Waals surface area contributed by atoms with E-state index in [0.717, 1.165) is 16.8 Å². The molecule has 0 aliphatic heterocycles. The molecule has 1 heterocycles. The molecule has 0 bridgehead atoms. The Balaban J connectivity index is 2.01. The molecule has 0 aliphatic carbocycles. The van der Waals surface area contributed by atoms with Gasteiger partial charge in [0.25, 0.3) is 0 Å². The summed E-state index contributed by atoms with van der Waals surface area (Å²) in [7, 11) is 0. The maximum Gasteiger partial charge on any atom is 0.387 e. The zero-order valence-electron chi connectivity index (χ0n) is 11.1. The third kappa shape index (κ3) is 3.99. The molecule has 5 heteroatoms. The van der Waals surface area contributed by atoms with Crippen molar-refractivity contribution in [1.82, 2.24) is 4.98 Å². The first-order valence-corrected chi connectivity index (χ1v) is 6.26. The first-order valence-electron chi connectivity index (χ1n) is 6.26. The van der Waals surface area contributed by atoms with E-state index in [1.165, 1.54) is 12.1 Å². The lowest BCUT2D eigenvalue weighted by Gasteiger charge is -2.12. The number of benzene rings is 1. The normalized spacial score (nSPS) is 12.4. The molecule has 106 valence electrons. The number of nitrogens with two attached hydrogens (primary N) is 1. The van der Waals surface area contributed by atoms with Crippen molar-refractivity contribution in [2.45, 2.75) is 26.0 Å². The third-order valence-corrected chi connectivity index (χ3v) is 2.94. The van der Waals surface area contributed by atoms with Gasteiger partial charge in [0, 0.05) is 24.4 Å². The summed E-state index contributed by atoms with van der Waals surface area (Å²) in [6, 6.07) is 10.0. The number of nitrogens with zero attached hydrogens (tertiary/aromatic N) is 1. The molecule has 1 atom stereocenters. The van der Waals surface area contributed by atoms with Crippen molar-refractivity contribution in [3.63, 3.8) is 0 Å². The Morgan fingerprint density at radius 1 is 1.15 bits per heavy atom. The summed E-state index contributed by atoms with van der Waals surface area (Å²) >= 11 is 0. The van der Waals surface area contributed by atoms with Crippen LogP contribution in [0.4, 0.5) is 8.78 Å². The molecule has 1 aromatic heterocycles. The fourth-order valence-corrected chi connectivity index (χ4v) is 1.86. The second-order valence-corrected chi connectivity index (χ2v) is 4.59. The number of hydrogen-bond acceptors (Lipinski definition) is 3. The Labute approximate surface area is 116 Å². The minimum atomic E-state index is -2.81. The number of alkyl halides is 2. The van der Waals surface area contributed by atoms with Crippen LogP contribution in [0.1, 0.15) is 22.9 Å². The molecular weight excluding hydrogens is 262 g/mol. The molecule has 2 rings (SSSR count). The number of pyridine rings is 1. The second-order valence-electron chi connectivity index (χ2n) is 4.59. The monoisotopic (exact) mass is 278 g/mol. The van der Waals surface area contributed by atoms with E-state index < -0.39 is 6.61 Å². The molecule has 2 N–H and O–H groups in total. The second kappa shape index (κ2) is 6.43. The van der Waals surface area contributed by atoms with Gasteiger partial charge in [-0.25, -0.2) is 0 Å². The van der Waals surface area contributed by atoms with Crippen molar-refractivity contribution in [2.75, 3.05) is 0 Å². The van der Waals surface area contributed by atoms with Gasteiger partial charge in [-0.3, -0.25) is 4.98 Å². The van der Waals surface area contributed by atoms with Crippen LogP contribution in [0.3, 0.4) is 0 Å². The first kappa shape index (κ1) is 14.4.